The van der Waals surface area contributed by atoms with Crippen molar-refractivity contribution < 1.29 is 10.1 Å². The molecule has 0 fully saturated rings. The van der Waals surface area contributed by atoms with Gasteiger partial charge >= 0.3 is 0 Å². The fourth-order valence-electron chi connectivity index (χ4n) is 3.28. The maximum Gasteiger partial charge on any atom is 0.279 e. The van der Waals surface area contributed by atoms with Crippen molar-refractivity contribution >= 4 is 11.6 Å². The van der Waals surface area contributed by atoms with E-state index in [1.54, 1.807) is 0 Å². The molecular weight excluding hydrogens is 344 g/mol. The third-order valence-electron chi connectivity index (χ3n) is 4.89. The highest BCUT2D eigenvalue weighted by molar-refractivity contribution is 5.91. The Morgan fingerprint density at radius 3 is 1.79 bits per heavy atom. The van der Waals surface area contributed by atoms with Gasteiger partial charge in [-0.05, 0) is 23.1 Å². The summed E-state index contributed by atoms with van der Waals surface area (Å²) in [5, 5.41) is 5.10. The van der Waals surface area contributed by atoms with Crippen LogP contribution in [0, 0.1) is 0 Å². The standard InChI is InChI=1S/C25H28N2O/c1-25(2,3)21-14-16-22(17-15-21)27-23(28)18-26-24(19-10-6-4-7-11-19)20-12-8-5-9-13-20/h4-17,24,26H,18H2,1-3H3,(H,27,28)/p+1. The molecule has 0 spiro atoms. The number of quaternary nitrogens is 1. The molecule has 28 heavy (non-hydrogen) atoms. The van der Waals surface area contributed by atoms with Crippen molar-refractivity contribution in [1.29, 1.82) is 0 Å². The highest BCUT2D eigenvalue weighted by Gasteiger charge is 2.19. The molecule has 0 aliphatic rings. The number of hydrogen-bond acceptors (Lipinski definition) is 1. The van der Waals surface area contributed by atoms with E-state index in [0.717, 1.165) is 5.69 Å². The van der Waals surface area contributed by atoms with E-state index in [0.29, 0.717) is 6.54 Å². The van der Waals surface area contributed by atoms with E-state index in [1.807, 2.05) is 48.5 Å². The molecule has 3 N–H and O–H groups in total. The Balaban J connectivity index is 1.65. The Bertz CT molecular complexity index is 842. The molecule has 0 aromatic heterocycles. The summed E-state index contributed by atoms with van der Waals surface area (Å²) in [6.45, 7) is 6.91. The number of carbonyl (C=O) groups excluding carboxylic acids is 1. The number of carbonyl (C=O) groups is 1. The molecule has 0 saturated heterocycles. The number of rotatable bonds is 6. The lowest BCUT2D eigenvalue weighted by Crippen LogP contribution is -2.87. The van der Waals surface area contributed by atoms with Crippen LogP contribution >= 0.6 is 0 Å². The number of benzene rings is 3. The van der Waals surface area contributed by atoms with Crippen molar-refractivity contribution in [2.75, 3.05) is 11.9 Å². The minimum absolute atomic E-state index is 0.000343. The van der Waals surface area contributed by atoms with Crippen LogP contribution in [0.4, 0.5) is 5.69 Å². The summed E-state index contributed by atoms with van der Waals surface area (Å²) in [6.07, 6.45) is 0. The second-order valence-electron chi connectivity index (χ2n) is 8.11. The van der Waals surface area contributed by atoms with E-state index >= 15 is 0 Å². The largest absolute Gasteiger partial charge is 0.328 e. The van der Waals surface area contributed by atoms with Gasteiger partial charge < -0.3 is 10.6 Å². The average Bonchev–Trinajstić information content (AvgIpc) is 2.69. The summed E-state index contributed by atoms with van der Waals surface area (Å²) in [7, 11) is 0. The number of nitrogens with two attached hydrogens (primary N) is 1. The van der Waals surface area contributed by atoms with Gasteiger partial charge in [-0.25, -0.2) is 0 Å². The molecule has 0 radical (unpaired) electrons. The zero-order valence-electron chi connectivity index (χ0n) is 16.9. The SMILES string of the molecule is CC(C)(C)c1ccc(NC(=O)C[NH2+]C(c2ccccc2)c2ccccc2)cc1. The molecule has 3 heteroatoms. The van der Waals surface area contributed by atoms with E-state index in [4.69, 9.17) is 0 Å². The van der Waals surface area contributed by atoms with Crippen molar-refractivity contribution in [3.63, 3.8) is 0 Å². The van der Waals surface area contributed by atoms with Gasteiger partial charge in [0.1, 0.15) is 6.04 Å². The first-order valence-corrected chi connectivity index (χ1v) is 9.77. The molecule has 3 rings (SSSR count). The predicted molar refractivity (Wildman–Crippen MR) is 115 cm³/mol. The summed E-state index contributed by atoms with van der Waals surface area (Å²) in [5.74, 6) is 0.000343. The quantitative estimate of drug-likeness (QED) is 0.666. The van der Waals surface area contributed by atoms with Gasteiger partial charge in [-0.1, -0.05) is 93.6 Å². The van der Waals surface area contributed by atoms with Crippen LogP contribution < -0.4 is 10.6 Å². The summed E-state index contributed by atoms with van der Waals surface area (Å²) in [6, 6.07) is 28.8. The highest BCUT2D eigenvalue weighted by atomic mass is 16.1. The normalized spacial score (nSPS) is 11.4. The van der Waals surface area contributed by atoms with Crippen molar-refractivity contribution in [3.8, 4) is 0 Å². The summed E-state index contributed by atoms with van der Waals surface area (Å²) >= 11 is 0. The molecule has 0 bridgehead atoms. The van der Waals surface area contributed by atoms with Crippen LogP contribution in [0.2, 0.25) is 0 Å². The van der Waals surface area contributed by atoms with Crippen LogP contribution in [0.15, 0.2) is 84.9 Å². The molecule has 0 aliphatic carbocycles. The molecule has 0 saturated carbocycles. The molecule has 0 atom stereocenters. The van der Waals surface area contributed by atoms with Crippen molar-refractivity contribution in [2.45, 2.75) is 32.2 Å². The smallest absolute Gasteiger partial charge is 0.279 e. The molecule has 3 nitrogen and oxygen atoms in total. The first-order valence-electron chi connectivity index (χ1n) is 9.77. The lowest BCUT2D eigenvalue weighted by molar-refractivity contribution is -0.676. The second-order valence-corrected chi connectivity index (χ2v) is 8.11. The fraction of sp³-hybridized carbons (Fsp3) is 0.240. The van der Waals surface area contributed by atoms with Gasteiger partial charge in [-0.15, -0.1) is 0 Å². The number of anilines is 1. The lowest BCUT2D eigenvalue weighted by atomic mass is 9.87. The maximum atomic E-state index is 12.5. The summed E-state index contributed by atoms with van der Waals surface area (Å²) in [4.78, 5) is 12.5. The van der Waals surface area contributed by atoms with E-state index in [9.17, 15) is 4.79 Å². The van der Waals surface area contributed by atoms with Gasteiger partial charge in [-0.2, -0.15) is 0 Å². The summed E-state index contributed by atoms with van der Waals surface area (Å²) < 4.78 is 0. The Morgan fingerprint density at radius 2 is 1.32 bits per heavy atom. The molecular formula is C25H29N2O+. The third-order valence-corrected chi connectivity index (χ3v) is 4.89. The maximum absolute atomic E-state index is 12.5. The molecule has 3 aromatic carbocycles. The van der Waals surface area contributed by atoms with Crippen molar-refractivity contribution in [3.05, 3.63) is 102 Å². The van der Waals surface area contributed by atoms with Gasteiger partial charge in [0.05, 0.1) is 0 Å². The van der Waals surface area contributed by atoms with Crippen LogP contribution in [-0.4, -0.2) is 12.5 Å². The summed E-state index contributed by atoms with van der Waals surface area (Å²) in [5.41, 5.74) is 4.58. The van der Waals surface area contributed by atoms with Crippen LogP contribution in [0.5, 0.6) is 0 Å². The van der Waals surface area contributed by atoms with E-state index in [2.05, 4.69) is 67.8 Å². The Kier molecular flexibility index (Phi) is 6.27. The van der Waals surface area contributed by atoms with Gasteiger partial charge in [0, 0.05) is 16.8 Å². The molecule has 0 heterocycles. The minimum Gasteiger partial charge on any atom is -0.328 e. The molecule has 0 aliphatic heterocycles. The molecule has 144 valence electrons. The molecule has 0 unspecified atom stereocenters. The van der Waals surface area contributed by atoms with Crippen molar-refractivity contribution in [1.82, 2.24) is 0 Å². The van der Waals surface area contributed by atoms with Crippen LogP contribution in [-0.2, 0) is 10.2 Å². The van der Waals surface area contributed by atoms with Gasteiger partial charge in [0.15, 0.2) is 6.54 Å². The number of amides is 1. The average molecular weight is 374 g/mol. The second kappa shape index (κ2) is 8.85. The van der Waals surface area contributed by atoms with Crippen molar-refractivity contribution in [2.24, 2.45) is 0 Å². The van der Waals surface area contributed by atoms with Gasteiger partial charge in [0.2, 0.25) is 0 Å². The monoisotopic (exact) mass is 373 g/mol. The number of hydrogen-bond donors (Lipinski definition) is 2. The zero-order chi connectivity index (χ0) is 20.0. The minimum atomic E-state index is 0.000343. The Morgan fingerprint density at radius 1 is 0.821 bits per heavy atom. The topological polar surface area (TPSA) is 45.7 Å². The van der Waals surface area contributed by atoms with Crippen LogP contribution in [0.25, 0.3) is 0 Å². The first-order chi connectivity index (χ1) is 13.4. The zero-order valence-corrected chi connectivity index (χ0v) is 16.9. The highest BCUT2D eigenvalue weighted by Crippen LogP contribution is 2.23. The van der Waals surface area contributed by atoms with E-state index in [1.165, 1.54) is 16.7 Å². The molecule has 1 amide bonds. The Labute approximate surface area is 167 Å². The predicted octanol–water partition coefficient (Wildman–Crippen LogP) is 4.28. The van der Waals surface area contributed by atoms with E-state index < -0.39 is 0 Å². The van der Waals surface area contributed by atoms with Crippen LogP contribution in [0.1, 0.15) is 43.5 Å². The Hall–Kier alpha value is -2.91. The first kappa shape index (κ1) is 19.8. The lowest BCUT2D eigenvalue weighted by Gasteiger charge is -2.19. The fourth-order valence-corrected chi connectivity index (χ4v) is 3.28. The van der Waals surface area contributed by atoms with E-state index in [-0.39, 0.29) is 17.4 Å². The van der Waals surface area contributed by atoms with Crippen LogP contribution in [0.3, 0.4) is 0 Å². The van der Waals surface area contributed by atoms with Gasteiger partial charge in [0.25, 0.3) is 5.91 Å². The number of nitrogens with one attached hydrogen (secondary N) is 1. The third kappa shape index (κ3) is 5.30. The van der Waals surface area contributed by atoms with Gasteiger partial charge in [-0.3, -0.25) is 4.79 Å². The molecule has 3 aromatic rings.